The summed E-state index contributed by atoms with van der Waals surface area (Å²) in [6.45, 7) is 3.32. The Labute approximate surface area is 117 Å². The lowest BCUT2D eigenvalue weighted by Crippen LogP contribution is -2.46. The molecule has 0 bridgehead atoms. The van der Waals surface area contributed by atoms with E-state index >= 15 is 0 Å². The van der Waals surface area contributed by atoms with Crippen LogP contribution in [0.2, 0.25) is 0 Å². The molecule has 0 spiro atoms. The summed E-state index contributed by atoms with van der Waals surface area (Å²) in [5.74, 6) is -0.336. The molecule has 2 rings (SSSR count). The molecule has 4 N–H and O–H groups in total. The number of rotatable bonds is 4. The number of hydrogen-bond acceptors (Lipinski definition) is 4. The molecule has 0 fully saturated rings. The van der Waals surface area contributed by atoms with Gasteiger partial charge in [-0.3, -0.25) is 4.79 Å². The van der Waals surface area contributed by atoms with Crippen LogP contribution in [0.15, 0.2) is 36.5 Å². The second kappa shape index (κ2) is 5.34. The Balaban J connectivity index is 2.22. The first-order valence-electron chi connectivity index (χ1n) is 6.27. The molecule has 6 heteroatoms. The summed E-state index contributed by atoms with van der Waals surface area (Å²) >= 11 is 0. The fourth-order valence-electron chi connectivity index (χ4n) is 1.69. The fourth-order valence-corrected chi connectivity index (χ4v) is 1.69. The van der Waals surface area contributed by atoms with Crippen LogP contribution in [0.3, 0.4) is 0 Å². The standard InChI is InChI=1S/C14H18N4O2/c1-14(2,9-19)16-13(20)11-7-8-18(17-11)12-6-4-3-5-10(12)15/h3-8,19H,9,15H2,1-2H3,(H,16,20). The third-order valence-corrected chi connectivity index (χ3v) is 2.85. The van der Waals surface area contributed by atoms with Gasteiger partial charge in [0.25, 0.3) is 5.91 Å². The van der Waals surface area contributed by atoms with Crippen molar-refractivity contribution in [2.75, 3.05) is 12.3 Å². The van der Waals surface area contributed by atoms with Crippen molar-refractivity contribution in [2.24, 2.45) is 0 Å². The topological polar surface area (TPSA) is 93.2 Å². The van der Waals surface area contributed by atoms with Gasteiger partial charge in [-0.25, -0.2) is 4.68 Å². The molecule has 1 aromatic heterocycles. The number of hydrogen-bond donors (Lipinski definition) is 3. The molecular formula is C14H18N4O2. The Morgan fingerprint density at radius 3 is 2.75 bits per heavy atom. The van der Waals surface area contributed by atoms with Crippen LogP contribution in [-0.4, -0.2) is 32.9 Å². The zero-order chi connectivity index (χ0) is 14.8. The Hall–Kier alpha value is -2.34. The number of nitrogens with two attached hydrogens (primary N) is 1. The van der Waals surface area contributed by atoms with E-state index in [1.165, 1.54) is 0 Å². The van der Waals surface area contributed by atoms with Crippen LogP contribution in [-0.2, 0) is 0 Å². The summed E-state index contributed by atoms with van der Waals surface area (Å²) in [7, 11) is 0. The normalized spacial score (nSPS) is 11.3. The van der Waals surface area contributed by atoms with E-state index in [0.29, 0.717) is 11.4 Å². The molecule has 106 valence electrons. The highest BCUT2D eigenvalue weighted by atomic mass is 16.3. The zero-order valence-electron chi connectivity index (χ0n) is 11.5. The zero-order valence-corrected chi connectivity index (χ0v) is 11.5. The van der Waals surface area contributed by atoms with Gasteiger partial charge in [0.1, 0.15) is 0 Å². The molecule has 1 heterocycles. The van der Waals surface area contributed by atoms with Gasteiger partial charge < -0.3 is 16.2 Å². The van der Waals surface area contributed by atoms with Gasteiger partial charge in [0.2, 0.25) is 0 Å². The van der Waals surface area contributed by atoms with E-state index in [1.54, 1.807) is 36.9 Å². The number of amides is 1. The highest BCUT2D eigenvalue weighted by molar-refractivity contribution is 5.92. The van der Waals surface area contributed by atoms with E-state index in [2.05, 4.69) is 10.4 Å². The Bertz CT molecular complexity index is 619. The fraction of sp³-hybridized carbons (Fsp3) is 0.286. The number of nitrogen functional groups attached to an aromatic ring is 1. The molecule has 6 nitrogen and oxygen atoms in total. The van der Waals surface area contributed by atoms with Crippen LogP contribution in [0.25, 0.3) is 5.69 Å². The van der Waals surface area contributed by atoms with E-state index < -0.39 is 5.54 Å². The van der Waals surface area contributed by atoms with E-state index in [0.717, 1.165) is 0 Å². The minimum Gasteiger partial charge on any atom is -0.397 e. The number of benzene rings is 1. The quantitative estimate of drug-likeness (QED) is 0.724. The molecule has 0 unspecified atom stereocenters. The van der Waals surface area contributed by atoms with Gasteiger partial charge in [-0.1, -0.05) is 12.1 Å². The van der Waals surface area contributed by atoms with Crippen molar-refractivity contribution in [3.8, 4) is 5.69 Å². The number of carbonyl (C=O) groups is 1. The maximum atomic E-state index is 12.0. The lowest BCUT2D eigenvalue weighted by molar-refractivity contribution is 0.0864. The number of para-hydroxylation sites is 2. The third-order valence-electron chi connectivity index (χ3n) is 2.85. The third kappa shape index (κ3) is 2.97. The van der Waals surface area contributed by atoms with E-state index in [9.17, 15) is 4.79 Å². The molecule has 0 aliphatic heterocycles. The van der Waals surface area contributed by atoms with Crippen LogP contribution in [0, 0.1) is 0 Å². The number of aromatic nitrogens is 2. The van der Waals surface area contributed by atoms with Crippen LogP contribution in [0.4, 0.5) is 5.69 Å². The predicted octanol–water partition coefficient (Wildman–Crippen LogP) is 0.955. The summed E-state index contributed by atoms with van der Waals surface area (Å²) in [5, 5.41) is 16.1. The molecule has 1 aromatic carbocycles. The first-order valence-corrected chi connectivity index (χ1v) is 6.27. The lowest BCUT2D eigenvalue weighted by Gasteiger charge is -2.22. The van der Waals surface area contributed by atoms with Gasteiger partial charge in [-0.05, 0) is 32.0 Å². The average Bonchev–Trinajstić information content (AvgIpc) is 2.88. The minimum absolute atomic E-state index is 0.148. The van der Waals surface area contributed by atoms with Crippen LogP contribution < -0.4 is 11.1 Å². The first kappa shape index (κ1) is 14.1. The van der Waals surface area contributed by atoms with Gasteiger partial charge in [0.15, 0.2) is 5.69 Å². The molecule has 20 heavy (non-hydrogen) atoms. The minimum atomic E-state index is -0.688. The van der Waals surface area contributed by atoms with Crippen molar-refractivity contribution in [1.29, 1.82) is 0 Å². The van der Waals surface area contributed by atoms with Gasteiger partial charge in [-0.2, -0.15) is 5.10 Å². The molecule has 0 atom stereocenters. The number of aliphatic hydroxyl groups is 1. The maximum Gasteiger partial charge on any atom is 0.272 e. The van der Waals surface area contributed by atoms with Crippen LogP contribution in [0.1, 0.15) is 24.3 Å². The number of anilines is 1. The van der Waals surface area contributed by atoms with Crippen molar-refractivity contribution in [3.05, 3.63) is 42.2 Å². The molecule has 1 amide bonds. The highest BCUT2D eigenvalue weighted by Crippen LogP contribution is 2.15. The number of nitrogens with zero attached hydrogens (tertiary/aromatic N) is 2. The van der Waals surface area contributed by atoms with Crippen LogP contribution in [0.5, 0.6) is 0 Å². The van der Waals surface area contributed by atoms with E-state index in [1.807, 2.05) is 18.2 Å². The molecule has 0 saturated heterocycles. The average molecular weight is 274 g/mol. The Morgan fingerprint density at radius 2 is 2.10 bits per heavy atom. The number of carbonyl (C=O) groups excluding carboxylic acids is 1. The molecular weight excluding hydrogens is 256 g/mol. The molecule has 0 aliphatic carbocycles. The highest BCUT2D eigenvalue weighted by Gasteiger charge is 2.21. The van der Waals surface area contributed by atoms with Crippen molar-refractivity contribution >= 4 is 11.6 Å². The van der Waals surface area contributed by atoms with E-state index in [-0.39, 0.29) is 18.2 Å². The predicted molar refractivity (Wildman–Crippen MR) is 76.6 cm³/mol. The monoisotopic (exact) mass is 274 g/mol. The first-order chi connectivity index (χ1) is 9.43. The van der Waals surface area contributed by atoms with Gasteiger partial charge in [0, 0.05) is 6.20 Å². The van der Waals surface area contributed by atoms with Crippen molar-refractivity contribution in [2.45, 2.75) is 19.4 Å². The van der Waals surface area contributed by atoms with E-state index in [4.69, 9.17) is 10.8 Å². The summed E-state index contributed by atoms with van der Waals surface area (Å²) in [6, 6.07) is 8.88. The summed E-state index contributed by atoms with van der Waals surface area (Å²) in [4.78, 5) is 12.0. The number of nitrogens with one attached hydrogen (secondary N) is 1. The smallest absolute Gasteiger partial charge is 0.272 e. The van der Waals surface area contributed by atoms with Crippen LogP contribution >= 0.6 is 0 Å². The number of aliphatic hydroxyl groups excluding tert-OH is 1. The summed E-state index contributed by atoms with van der Waals surface area (Å²) < 4.78 is 1.55. The van der Waals surface area contributed by atoms with Crippen molar-refractivity contribution < 1.29 is 9.90 Å². The van der Waals surface area contributed by atoms with Gasteiger partial charge in [0.05, 0.1) is 23.5 Å². The maximum absolute atomic E-state index is 12.0. The Kier molecular flexibility index (Phi) is 3.76. The molecule has 0 radical (unpaired) electrons. The van der Waals surface area contributed by atoms with Crippen molar-refractivity contribution in [1.82, 2.24) is 15.1 Å². The second-order valence-electron chi connectivity index (χ2n) is 5.20. The molecule has 0 saturated carbocycles. The summed E-state index contributed by atoms with van der Waals surface area (Å²) in [5.41, 5.74) is 6.75. The second-order valence-corrected chi connectivity index (χ2v) is 5.20. The molecule has 0 aliphatic rings. The lowest BCUT2D eigenvalue weighted by atomic mass is 10.1. The Morgan fingerprint density at radius 1 is 1.40 bits per heavy atom. The largest absolute Gasteiger partial charge is 0.397 e. The SMILES string of the molecule is CC(C)(CO)NC(=O)c1ccn(-c2ccccc2N)n1. The van der Waals surface area contributed by atoms with Gasteiger partial charge in [-0.15, -0.1) is 0 Å². The van der Waals surface area contributed by atoms with Crippen molar-refractivity contribution in [3.63, 3.8) is 0 Å². The van der Waals surface area contributed by atoms with Gasteiger partial charge >= 0.3 is 0 Å². The molecule has 2 aromatic rings. The summed E-state index contributed by atoms with van der Waals surface area (Å²) in [6.07, 6.45) is 1.67.